The third kappa shape index (κ3) is 5.20. The van der Waals surface area contributed by atoms with Crippen molar-refractivity contribution in [2.45, 2.75) is 11.8 Å². The Labute approximate surface area is 184 Å². The molecule has 0 heterocycles. The molecule has 6 nitrogen and oxygen atoms in total. The Kier molecular flexibility index (Phi) is 6.79. The lowest BCUT2D eigenvalue weighted by molar-refractivity contribution is -0.114. The van der Waals surface area contributed by atoms with Gasteiger partial charge in [0.25, 0.3) is 10.0 Å². The van der Waals surface area contributed by atoms with Gasteiger partial charge >= 0.3 is 0 Å². The van der Waals surface area contributed by atoms with E-state index in [1.807, 2.05) is 6.92 Å². The van der Waals surface area contributed by atoms with Crippen molar-refractivity contribution in [1.29, 1.82) is 0 Å². The highest BCUT2D eigenvalue weighted by molar-refractivity contribution is 9.10. The second-order valence-corrected chi connectivity index (χ2v) is 9.36. The number of hydrogen-bond acceptors (Lipinski definition) is 4. The Morgan fingerprint density at radius 3 is 2.13 bits per heavy atom. The van der Waals surface area contributed by atoms with Gasteiger partial charge in [-0.25, -0.2) is 8.42 Å². The topological polar surface area (TPSA) is 75.7 Å². The highest BCUT2D eigenvalue weighted by Gasteiger charge is 2.27. The second-order valence-electron chi connectivity index (χ2n) is 6.58. The number of halogens is 1. The maximum Gasteiger partial charge on any atom is 0.264 e. The average Bonchev–Trinajstić information content (AvgIpc) is 2.74. The van der Waals surface area contributed by atoms with E-state index < -0.39 is 15.9 Å². The first-order chi connectivity index (χ1) is 14.3. The van der Waals surface area contributed by atoms with Crippen LogP contribution in [0, 0.1) is 6.92 Å². The van der Waals surface area contributed by atoms with Crippen LogP contribution in [0.15, 0.2) is 82.2 Å². The first kappa shape index (κ1) is 21.9. The highest BCUT2D eigenvalue weighted by atomic mass is 79.9. The molecule has 0 saturated heterocycles. The van der Waals surface area contributed by atoms with E-state index in [1.54, 1.807) is 60.7 Å². The van der Waals surface area contributed by atoms with Crippen LogP contribution in [0.25, 0.3) is 0 Å². The van der Waals surface area contributed by atoms with Crippen molar-refractivity contribution in [2.75, 3.05) is 23.3 Å². The standard InChI is InChI=1S/C22H21BrN2O4S/c1-16-3-9-19(10-4-16)25(15-22(26)24-18-7-5-17(23)6-8-18)30(27,28)21-13-11-20(29-2)12-14-21/h3-14H,15H2,1-2H3,(H,24,26). The van der Waals surface area contributed by atoms with Gasteiger partial charge in [0.15, 0.2) is 0 Å². The zero-order chi connectivity index (χ0) is 21.7. The number of anilines is 2. The molecule has 3 aromatic rings. The van der Waals surface area contributed by atoms with Gasteiger partial charge in [-0.1, -0.05) is 33.6 Å². The van der Waals surface area contributed by atoms with Crippen LogP contribution in [0.1, 0.15) is 5.56 Å². The van der Waals surface area contributed by atoms with Crippen LogP contribution >= 0.6 is 15.9 Å². The zero-order valence-corrected chi connectivity index (χ0v) is 18.9. The van der Waals surface area contributed by atoms with Crippen LogP contribution in [0.4, 0.5) is 11.4 Å². The molecular formula is C22H21BrN2O4S. The lowest BCUT2D eigenvalue weighted by atomic mass is 10.2. The fraction of sp³-hybridized carbons (Fsp3) is 0.136. The van der Waals surface area contributed by atoms with Gasteiger partial charge in [0.1, 0.15) is 12.3 Å². The smallest absolute Gasteiger partial charge is 0.264 e. The molecule has 156 valence electrons. The second kappa shape index (κ2) is 9.32. The van der Waals surface area contributed by atoms with Crippen molar-refractivity contribution < 1.29 is 17.9 Å². The maximum atomic E-state index is 13.3. The van der Waals surface area contributed by atoms with Crippen molar-refractivity contribution in [3.8, 4) is 5.75 Å². The number of methoxy groups -OCH3 is 1. The molecule has 0 spiro atoms. The number of sulfonamides is 1. The molecule has 1 N–H and O–H groups in total. The molecule has 0 unspecified atom stereocenters. The van der Waals surface area contributed by atoms with E-state index in [4.69, 9.17) is 4.74 Å². The molecule has 0 bridgehead atoms. The molecule has 0 aliphatic heterocycles. The van der Waals surface area contributed by atoms with Crippen LogP contribution in [-0.2, 0) is 14.8 Å². The molecule has 0 aliphatic carbocycles. The zero-order valence-electron chi connectivity index (χ0n) is 16.5. The molecule has 0 saturated carbocycles. The van der Waals surface area contributed by atoms with Gasteiger partial charge < -0.3 is 10.1 Å². The number of ether oxygens (including phenoxy) is 1. The predicted molar refractivity (Wildman–Crippen MR) is 121 cm³/mol. The van der Waals surface area contributed by atoms with Crippen LogP contribution < -0.4 is 14.4 Å². The average molecular weight is 489 g/mol. The van der Waals surface area contributed by atoms with Crippen molar-refractivity contribution in [3.05, 3.63) is 82.8 Å². The number of amides is 1. The summed E-state index contributed by atoms with van der Waals surface area (Å²) in [6.45, 7) is 1.54. The molecule has 8 heteroatoms. The summed E-state index contributed by atoms with van der Waals surface area (Å²) < 4.78 is 33.8. The Bertz CT molecular complexity index is 1110. The summed E-state index contributed by atoms with van der Waals surface area (Å²) in [5.41, 5.74) is 1.97. The summed E-state index contributed by atoms with van der Waals surface area (Å²) in [5, 5.41) is 2.74. The number of benzene rings is 3. The first-order valence-electron chi connectivity index (χ1n) is 9.08. The summed E-state index contributed by atoms with van der Waals surface area (Å²) in [4.78, 5) is 12.7. The van der Waals surface area contributed by atoms with Gasteiger partial charge in [-0.15, -0.1) is 0 Å². The fourth-order valence-corrected chi connectivity index (χ4v) is 4.45. The number of nitrogens with one attached hydrogen (secondary N) is 1. The molecule has 0 aromatic heterocycles. The molecule has 0 aliphatic rings. The molecule has 1 amide bonds. The number of carbonyl (C=O) groups is 1. The van der Waals surface area contributed by atoms with Gasteiger partial charge in [-0.2, -0.15) is 0 Å². The monoisotopic (exact) mass is 488 g/mol. The Morgan fingerprint density at radius 2 is 1.57 bits per heavy atom. The third-order valence-electron chi connectivity index (χ3n) is 4.38. The molecule has 0 radical (unpaired) electrons. The molecule has 3 rings (SSSR count). The van der Waals surface area contributed by atoms with Crippen molar-refractivity contribution >= 4 is 43.2 Å². The minimum absolute atomic E-state index is 0.0697. The number of aryl methyl sites for hydroxylation is 1. The van der Waals surface area contributed by atoms with E-state index in [0.717, 1.165) is 14.3 Å². The van der Waals surface area contributed by atoms with Crippen LogP contribution in [0.3, 0.4) is 0 Å². The van der Waals surface area contributed by atoms with Gasteiger partial charge in [-0.05, 0) is 67.6 Å². The highest BCUT2D eigenvalue weighted by Crippen LogP contribution is 2.25. The van der Waals surface area contributed by atoms with Crippen LogP contribution in [-0.4, -0.2) is 28.0 Å². The van der Waals surface area contributed by atoms with Crippen molar-refractivity contribution in [1.82, 2.24) is 0 Å². The molecular weight excluding hydrogens is 468 g/mol. The number of carbonyl (C=O) groups excluding carboxylic acids is 1. The summed E-state index contributed by atoms with van der Waals surface area (Å²) in [7, 11) is -2.47. The molecule has 0 fully saturated rings. The summed E-state index contributed by atoms with van der Waals surface area (Å²) in [5.74, 6) is 0.0961. The molecule has 30 heavy (non-hydrogen) atoms. The largest absolute Gasteiger partial charge is 0.497 e. The molecule has 3 aromatic carbocycles. The van der Waals surface area contributed by atoms with E-state index in [2.05, 4.69) is 21.2 Å². The van der Waals surface area contributed by atoms with Crippen LogP contribution in [0.2, 0.25) is 0 Å². The Balaban J connectivity index is 1.92. The van der Waals surface area contributed by atoms with E-state index in [0.29, 0.717) is 17.1 Å². The van der Waals surface area contributed by atoms with E-state index in [-0.39, 0.29) is 11.4 Å². The minimum Gasteiger partial charge on any atom is -0.497 e. The SMILES string of the molecule is COc1ccc(S(=O)(=O)N(CC(=O)Nc2ccc(Br)cc2)c2ccc(C)cc2)cc1. The minimum atomic E-state index is -3.98. The lowest BCUT2D eigenvalue weighted by Crippen LogP contribution is -2.38. The lowest BCUT2D eigenvalue weighted by Gasteiger charge is -2.24. The summed E-state index contributed by atoms with van der Waals surface area (Å²) in [6.07, 6.45) is 0. The molecule has 0 atom stereocenters. The summed E-state index contributed by atoms with van der Waals surface area (Å²) >= 11 is 3.34. The van der Waals surface area contributed by atoms with Gasteiger partial charge in [0, 0.05) is 10.2 Å². The van der Waals surface area contributed by atoms with Gasteiger partial charge in [0.2, 0.25) is 5.91 Å². The van der Waals surface area contributed by atoms with E-state index >= 15 is 0 Å². The Hall–Kier alpha value is -2.84. The summed E-state index contributed by atoms with van der Waals surface area (Å²) in [6, 6.07) is 20.1. The van der Waals surface area contributed by atoms with Crippen molar-refractivity contribution in [3.63, 3.8) is 0 Å². The van der Waals surface area contributed by atoms with Gasteiger partial charge in [0.05, 0.1) is 17.7 Å². The quantitative estimate of drug-likeness (QED) is 0.527. The third-order valence-corrected chi connectivity index (χ3v) is 6.70. The maximum absolute atomic E-state index is 13.3. The normalized spacial score (nSPS) is 11.0. The van der Waals surface area contributed by atoms with Crippen LogP contribution in [0.5, 0.6) is 5.75 Å². The number of rotatable bonds is 7. The number of hydrogen-bond donors (Lipinski definition) is 1. The van der Waals surface area contributed by atoms with Gasteiger partial charge in [-0.3, -0.25) is 9.10 Å². The first-order valence-corrected chi connectivity index (χ1v) is 11.3. The predicted octanol–water partition coefficient (Wildman–Crippen LogP) is 4.60. The van der Waals surface area contributed by atoms with E-state index in [9.17, 15) is 13.2 Å². The Morgan fingerprint density at radius 1 is 0.967 bits per heavy atom. The number of nitrogens with zero attached hydrogens (tertiary/aromatic N) is 1. The van der Waals surface area contributed by atoms with Crippen molar-refractivity contribution in [2.24, 2.45) is 0 Å². The fourth-order valence-electron chi connectivity index (χ4n) is 2.77. The van der Waals surface area contributed by atoms with E-state index in [1.165, 1.54) is 19.2 Å².